The molecule has 0 unspecified atom stereocenters. The van der Waals surface area contributed by atoms with Gasteiger partial charge >= 0.3 is 0 Å². The molecule has 184 valence electrons. The fraction of sp³-hybridized carbons (Fsp3) is 0.682. The van der Waals surface area contributed by atoms with Crippen LogP contribution in [0.3, 0.4) is 0 Å². The molecule has 2 aromatic rings. The molecule has 2 aliphatic carbocycles. The molecule has 1 aliphatic heterocycles. The lowest BCUT2D eigenvalue weighted by Gasteiger charge is -2.16. The summed E-state index contributed by atoms with van der Waals surface area (Å²) in [6.07, 6.45) is 10.3. The van der Waals surface area contributed by atoms with Crippen LogP contribution in [0.2, 0.25) is 0 Å². The number of aliphatic hydroxyl groups is 3. The van der Waals surface area contributed by atoms with E-state index in [0.717, 1.165) is 25.7 Å². The normalized spacial score (nSPS) is 28.8. The molecule has 0 spiro atoms. The SMILES string of the molecule is OC[C@H]1O[C@@H](n2cnc3c(NN=CC4CCCC4)nc(NN=CC4CCCC4)nc32)[C@H](O)[C@@H]1O. The maximum absolute atomic E-state index is 10.5. The second-order valence-electron chi connectivity index (χ2n) is 9.32. The van der Waals surface area contributed by atoms with Crippen LogP contribution in [0.1, 0.15) is 57.6 Å². The number of rotatable bonds is 8. The van der Waals surface area contributed by atoms with E-state index in [1.54, 1.807) is 0 Å². The van der Waals surface area contributed by atoms with Gasteiger partial charge < -0.3 is 20.1 Å². The first-order valence-electron chi connectivity index (χ1n) is 12.1. The van der Waals surface area contributed by atoms with Gasteiger partial charge in [-0.25, -0.2) is 10.4 Å². The lowest BCUT2D eigenvalue weighted by molar-refractivity contribution is -0.0511. The van der Waals surface area contributed by atoms with Crippen LogP contribution in [0.15, 0.2) is 16.5 Å². The predicted octanol–water partition coefficient (Wildman–Crippen LogP) is 1.61. The molecule has 0 bridgehead atoms. The number of nitrogens with one attached hydrogen (secondary N) is 2. The third-order valence-electron chi connectivity index (χ3n) is 6.92. The number of anilines is 2. The highest BCUT2D eigenvalue weighted by molar-refractivity contribution is 5.84. The van der Waals surface area contributed by atoms with Crippen LogP contribution in [-0.4, -0.2) is 72.2 Å². The van der Waals surface area contributed by atoms with Gasteiger partial charge in [0.25, 0.3) is 0 Å². The molecule has 5 rings (SSSR count). The van der Waals surface area contributed by atoms with Gasteiger partial charge in [-0.1, -0.05) is 25.7 Å². The summed E-state index contributed by atoms with van der Waals surface area (Å²) in [6.45, 7) is -0.415. The third-order valence-corrected chi connectivity index (χ3v) is 6.92. The summed E-state index contributed by atoms with van der Waals surface area (Å²) in [5.74, 6) is 1.54. The van der Waals surface area contributed by atoms with E-state index in [1.807, 2.05) is 12.4 Å². The van der Waals surface area contributed by atoms with Gasteiger partial charge in [-0.05, 0) is 37.5 Å². The maximum Gasteiger partial charge on any atom is 0.247 e. The van der Waals surface area contributed by atoms with E-state index in [2.05, 4.69) is 36.0 Å². The summed E-state index contributed by atoms with van der Waals surface area (Å²) < 4.78 is 7.20. The lowest BCUT2D eigenvalue weighted by Crippen LogP contribution is -2.33. The zero-order valence-corrected chi connectivity index (χ0v) is 19.0. The van der Waals surface area contributed by atoms with Crippen molar-refractivity contribution in [3.8, 4) is 0 Å². The van der Waals surface area contributed by atoms with E-state index in [9.17, 15) is 15.3 Å². The molecule has 2 aromatic heterocycles. The highest BCUT2D eigenvalue weighted by atomic mass is 16.6. The molecular weight excluding hydrogens is 440 g/mol. The average Bonchev–Trinajstić information content (AvgIpc) is 3.64. The van der Waals surface area contributed by atoms with E-state index in [4.69, 9.17) is 4.74 Å². The second kappa shape index (κ2) is 10.3. The Morgan fingerprint density at radius 3 is 2.24 bits per heavy atom. The fourth-order valence-corrected chi connectivity index (χ4v) is 4.96. The van der Waals surface area contributed by atoms with Crippen molar-refractivity contribution in [3.63, 3.8) is 0 Å². The molecule has 0 amide bonds. The van der Waals surface area contributed by atoms with Crippen LogP contribution in [0.5, 0.6) is 0 Å². The first kappa shape index (κ1) is 23.1. The van der Waals surface area contributed by atoms with Gasteiger partial charge in [-0.15, -0.1) is 0 Å². The van der Waals surface area contributed by atoms with Crippen molar-refractivity contribution < 1.29 is 20.1 Å². The van der Waals surface area contributed by atoms with Gasteiger partial charge in [-0.2, -0.15) is 20.2 Å². The van der Waals surface area contributed by atoms with Gasteiger partial charge in [0.1, 0.15) is 18.3 Å². The van der Waals surface area contributed by atoms with Crippen molar-refractivity contribution in [1.29, 1.82) is 0 Å². The first-order valence-corrected chi connectivity index (χ1v) is 12.1. The zero-order valence-electron chi connectivity index (χ0n) is 19.0. The van der Waals surface area contributed by atoms with Crippen molar-refractivity contribution in [2.45, 2.75) is 75.9 Å². The minimum Gasteiger partial charge on any atom is -0.394 e. The number of nitrogens with zero attached hydrogens (tertiary/aromatic N) is 6. The maximum atomic E-state index is 10.5. The average molecular weight is 473 g/mol. The first-order chi connectivity index (χ1) is 16.6. The second-order valence-corrected chi connectivity index (χ2v) is 9.32. The monoisotopic (exact) mass is 472 g/mol. The van der Waals surface area contributed by atoms with Crippen molar-refractivity contribution in [2.24, 2.45) is 22.0 Å². The molecule has 4 atom stereocenters. The van der Waals surface area contributed by atoms with Gasteiger partial charge in [0, 0.05) is 12.4 Å². The van der Waals surface area contributed by atoms with Crippen molar-refractivity contribution in [1.82, 2.24) is 19.5 Å². The quantitative estimate of drug-likeness (QED) is 0.284. The lowest BCUT2D eigenvalue weighted by atomic mass is 10.1. The Bertz CT molecular complexity index is 1030. The molecule has 5 N–H and O–H groups in total. The van der Waals surface area contributed by atoms with Crippen molar-refractivity contribution in [2.75, 3.05) is 17.5 Å². The summed E-state index contributed by atoms with van der Waals surface area (Å²) in [6, 6.07) is 0. The van der Waals surface area contributed by atoms with Gasteiger partial charge in [-0.3, -0.25) is 9.99 Å². The Hall–Kier alpha value is -2.67. The summed E-state index contributed by atoms with van der Waals surface area (Å²) >= 11 is 0. The predicted molar refractivity (Wildman–Crippen MR) is 126 cm³/mol. The Balaban J connectivity index is 1.43. The fourth-order valence-electron chi connectivity index (χ4n) is 4.96. The van der Waals surface area contributed by atoms with E-state index in [-0.39, 0.29) is 5.95 Å². The molecule has 1 saturated heterocycles. The van der Waals surface area contributed by atoms with Gasteiger partial charge in [0.15, 0.2) is 23.2 Å². The minimum atomic E-state index is -1.25. The van der Waals surface area contributed by atoms with E-state index in [0.29, 0.717) is 28.8 Å². The van der Waals surface area contributed by atoms with Crippen molar-refractivity contribution >= 4 is 35.4 Å². The largest absolute Gasteiger partial charge is 0.394 e. The van der Waals surface area contributed by atoms with Crippen LogP contribution < -0.4 is 10.9 Å². The Labute approximate surface area is 197 Å². The highest BCUT2D eigenvalue weighted by Crippen LogP contribution is 2.33. The minimum absolute atomic E-state index is 0.244. The molecule has 3 aliphatic rings. The summed E-state index contributed by atoms with van der Waals surface area (Å²) in [5.41, 5.74) is 6.71. The topological polar surface area (TPSA) is 162 Å². The van der Waals surface area contributed by atoms with E-state index in [1.165, 1.54) is 36.6 Å². The number of ether oxygens (including phenoxy) is 1. The van der Waals surface area contributed by atoms with Gasteiger partial charge in [0.2, 0.25) is 5.95 Å². The molecule has 12 heteroatoms. The Morgan fingerprint density at radius 1 is 0.971 bits per heavy atom. The number of aromatic nitrogens is 4. The third kappa shape index (κ3) is 4.76. The standard InChI is InChI=1S/C22H32N8O4/c31-11-15-17(32)18(33)21(34-15)30-12-23-16-19(28-24-9-13-5-1-2-6-13)26-22(27-20(16)30)29-25-10-14-7-3-4-8-14/h9-10,12-15,17-18,21,31-33H,1-8,11H2,(H2,26,27,28,29)/t15-,17-,18-,21-/m1/s1. The van der Waals surface area contributed by atoms with Crippen LogP contribution in [0.4, 0.5) is 11.8 Å². The molecule has 3 heterocycles. The summed E-state index contributed by atoms with van der Waals surface area (Å²) in [5, 5.41) is 38.8. The molecular formula is C22H32N8O4. The van der Waals surface area contributed by atoms with Crippen LogP contribution in [0, 0.1) is 11.8 Å². The number of hydrazone groups is 2. The number of hydrogen-bond donors (Lipinski definition) is 5. The Kier molecular flexibility index (Phi) is 6.99. The van der Waals surface area contributed by atoms with Crippen LogP contribution in [0.25, 0.3) is 11.2 Å². The summed E-state index contributed by atoms with van der Waals surface area (Å²) in [7, 11) is 0. The number of hydrogen-bond acceptors (Lipinski definition) is 11. The zero-order chi connectivity index (χ0) is 23.5. The number of imidazole rings is 1. The molecule has 0 radical (unpaired) electrons. The van der Waals surface area contributed by atoms with Crippen molar-refractivity contribution in [3.05, 3.63) is 6.33 Å². The highest BCUT2D eigenvalue weighted by Gasteiger charge is 2.44. The number of fused-ring (bicyclic) bond motifs is 1. The van der Waals surface area contributed by atoms with Gasteiger partial charge in [0.05, 0.1) is 12.9 Å². The van der Waals surface area contributed by atoms with Crippen LogP contribution in [-0.2, 0) is 4.74 Å². The van der Waals surface area contributed by atoms with Crippen LogP contribution >= 0.6 is 0 Å². The Morgan fingerprint density at radius 2 is 1.62 bits per heavy atom. The molecule has 2 saturated carbocycles. The molecule has 12 nitrogen and oxygen atoms in total. The number of aliphatic hydroxyl groups excluding tert-OH is 3. The summed E-state index contributed by atoms with van der Waals surface area (Å²) in [4.78, 5) is 13.5. The van der Waals surface area contributed by atoms with E-state index >= 15 is 0 Å². The molecule has 0 aromatic carbocycles. The molecule has 34 heavy (non-hydrogen) atoms. The van der Waals surface area contributed by atoms with E-state index < -0.39 is 31.1 Å². The smallest absolute Gasteiger partial charge is 0.247 e. The molecule has 3 fully saturated rings.